The summed E-state index contributed by atoms with van der Waals surface area (Å²) >= 11 is 9.12. The summed E-state index contributed by atoms with van der Waals surface area (Å²) < 4.78 is 0.903. The van der Waals surface area contributed by atoms with E-state index in [-0.39, 0.29) is 10.6 Å². The van der Waals surface area contributed by atoms with Gasteiger partial charge < -0.3 is 0 Å². The lowest BCUT2D eigenvalue weighted by Crippen LogP contribution is -2.08. The zero-order valence-electron chi connectivity index (χ0n) is 7.50. The predicted molar refractivity (Wildman–Crippen MR) is 63.0 cm³/mol. The van der Waals surface area contributed by atoms with Crippen molar-refractivity contribution in [2.45, 2.75) is 0 Å². The van der Waals surface area contributed by atoms with Crippen molar-refractivity contribution in [3.63, 3.8) is 0 Å². The summed E-state index contributed by atoms with van der Waals surface area (Å²) in [6.45, 7) is 0. The number of halogens is 2. The Morgan fingerprint density at radius 3 is 2.73 bits per heavy atom. The van der Waals surface area contributed by atoms with Gasteiger partial charge in [-0.05, 0) is 12.1 Å². The molecular weight excluding hydrogens is 279 g/mol. The van der Waals surface area contributed by atoms with Crippen molar-refractivity contribution < 1.29 is 0 Å². The molecule has 1 N–H and O–H groups in total. The van der Waals surface area contributed by atoms with Crippen LogP contribution >= 0.6 is 27.5 Å². The number of hydrogen-bond acceptors (Lipinski definition) is 2. The highest BCUT2D eigenvalue weighted by molar-refractivity contribution is 9.10. The highest BCUT2D eigenvalue weighted by Crippen LogP contribution is 2.26. The van der Waals surface area contributed by atoms with Crippen molar-refractivity contribution in [2.24, 2.45) is 0 Å². The lowest BCUT2D eigenvalue weighted by atomic mass is 10.1. The summed E-state index contributed by atoms with van der Waals surface area (Å²) in [6.07, 6.45) is 0. The van der Waals surface area contributed by atoms with Gasteiger partial charge >= 0.3 is 0 Å². The molecule has 0 unspecified atom stereocenters. The van der Waals surface area contributed by atoms with Crippen LogP contribution < -0.4 is 5.56 Å². The van der Waals surface area contributed by atoms with E-state index in [0.717, 1.165) is 10.0 Å². The summed E-state index contributed by atoms with van der Waals surface area (Å²) in [5.41, 5.74) is 1.13. The van der Waals surface area contributed by atoms with Crippen LogP contribution in [0.4, 0.5) is 0 Å². The number of rotatable bonds is 1. The third kappa shape index (κ3) is 2.11. The Bertz CT molecular complexity index is 553. The van der Waals surface area contributed by atoms with Gasteiger partial charge in [0.05, 0.1) is 5.69 Å². The van der Waals surface area contributed by atoms with Crippen LogP contribution in [0.25, 0.3) is 11.3 Å². The Balaban J connectivity index is 2.60. The Morgan fingerprint density at radius 1 is 1.33 bits per heavy atom. The Hall–Kier alpha value is -1.13. The number of nitrogens with zero attached hydrogens (tertiary/aromatic N) is 1. The van der Waals surface area contributed by atoms with E-state index in [1.54, 1.807) is 6.07 Å². The quantitative estimate of drug-likeness (QED) is 0.876. The van der Waals surface area contributed by atoms with Crippen molar-refractivity contribution >= 4 is 27.5 Å². The van der Waals surface area contributed by atoms with Crippen LogP contribution in [0.2, 0.25) is 5.02 Å². The summed E-state index contributed by atoms with van der Waals surface area (Å²) in [4.78, 5) is 11.0. The molecule has 0 atom stereocenters. The second kappa shape index (κ2) is 4.16. The molecule has 1 aromatic heterocycles. The molecule has 0 spiro atoms. The molecule has 3 nitrogen and oxygen atoms in total. The smallest absolute Gasteiger partial charge is 0.266 e. The first-order chi connectivity index (χ1) is 7.18. The first-order valence-corrected chi connectivity index (χ1v) is 5.35. The third-order valence-corrected chi connectivity index (χ3v) is 2.88. The molecule has 0 bridgehead atoms. The standard InChI is InChI=1S/C10H6BrClN2O/c11-7-4-2-1-3-6(7)9-5-8(12)10(15)14-13-9/h1-5H,(H,14,15). The van der Waals surface area contributed by atoms with Gasteiger partial charge in [0.2, 0.25) is 0 Å². The van der Waals surface area contributed by atoms with E-state index in [4.69, 9.17) is 11.6 Å². The van der Waals surface area contributed by atoms with E-state index >= 15 is 0 Å². The fourth-order valence-corrected chi connectivity index (χ4v) is 1.82. The van der Waals surface area contributed by atoms with Gasteiger partial charge in [0.25, 0.3) is 5.56 Å². The van der Waals surface area contributed by atoms with Crippen molar-refractivity contribution in [1.29, 1.82) is 0 Å². The van der Waals surface area contributed by atoms with E-state index in [9.17, 15) is 4.79 Å². The summed E-state index contributed by atoms with van der Waals surface area (Å²) in [6, 6.07) is 9.12. The van der Waals surface area contributed by atoms with Crippen LogP contribution in [-0.4, -0.2) is 10.2 Å². The molecule has 0 radical (unpaired) electrons. The Kier molecular flexibility index (Phi) is 2.88. The average Bonchev–Trinajstić information content (AvgIpc) is 2.23. The molecule has 5 heteroatoms. The fourth-order valence-electron chi connectivity index (χ4n) is 1.19. The van der Waals surface area contributed by atoms with Crippen LogP contribution in [0.3, 0.4) is 0 Å². The zero-order valence-corrected chi connectivity index (χ0v) is 9.84. The number of hydrogen-bond donors (Lipinski definition) is 1. The van der Waals surface area contributed by atoms with Gasteiger partial charge in [-0.1, -0.05) is 45.7 Å². The highest BCUT2D eigenvalue weighted by atomic mass is 79.9. The van der Waals surface area contributed by atoms with Crippen LogP contribution in [0.15, 0.2) is 39.6 Å². The monoisotopic (exact) mass is 284 g/mol. The Labute approximate surface area is 99.2 Å². The SMILES string of the molecule is O=c1[nH]nc(-c2ccccc2Br)cc1Cl. The molecule has 1 aromatic carbocycles. The lowest BCUT2D eigenvalue weighted by molar-refractivity contribution is 0.995. The first kappa shape index (κ1) is 10.4. The summed E-state index contributed by atoms with van der Waals surface area (Å²) in [7, 11) is 0. The molecule has 0 amide bonds. The summed E-state index contributed by atoms with van der Waals surface area (Å²) in [5, 5.41) is 6.39. The summed E-state index contributed by atoms with van der Waals surface area (Å²) in [5.74, 6) is 0. The molecule has 0 fully saturated rings. The maximum absolute atomic E-state index is 11.0. The first-order valence-electron chi connectivity index (χ1n) is 4.18. The van der Waals surface area contributed by atoms with Gasteiger partial charge in [0.1, 0.15) is 5.02 Å². The number of benzene rings is 1. The van der Waals surface area contributed by atoms with Gasteiger partial charge in [-0.2, -0.15) is 5.10 Å². The van der Waals surface area contributed by atoms with Gasteiger partial charge in [-0.15, -0.1) is 0 Å². The average molecular weight is 286 g/mol. The van der Waals surface area contributed by atoms with Crippen LogP contribution in [-0.2, 0) is 0 Å². The van der Waals surface area contributed by atoms with Crippen LogP contribution in [0.5, 0.6) is 0 Å². The Morgan fingerprint density at radius 2 is 2.07 bits per heavy atom. The van der Waals surface area contributed by atoms with E-state index in [1.165, 1.54) is 0 Å². The molecule has 15 heavy (non-hydrogen) atoms. The molecule has 2 rings (SSSR count). The molecule has 0 aliphatic carbocycles. The molecule has 76 valence electrons. The zero-order chi connectivity index (χ0) is 10.8. The largest absolute Gasteiger partial charge is 0.282 e. The van der Waals surface area contributed by atoms with Crippen molar-refractivity contribution in [3.8, 4) is 11.3 Å². The second-order valence-electron chi connectivity index (χ2n) is 2.91. The van der Waals surface area contributed by atoms with Gasteiger partial charge in [-0.25, -0.2) is 5.10 Å². The van der Waals surface area contributed by atoms with Gasteiger partial charge in [-0.3, -0.25) is 4.79 Å². The van der Waals surface area contributed by atoms with Crippen molar-refractivity contribution in [2.75, 3.05) is 0 Å². The van der Waals surface area contributed by atoms with E-state index in [0.29, 0.717) is 5.69 Å². The van der Waals surface area contributed by atoms with E-state index in [1.807, 2.05) is 24.3 Å². The predicted octanol–water partition coefficient (Wildman–Crippen LogP) is 2.85. The number of H-pyrrole nitrogens is 1. The molecule has 1 heterocycles. The van der Waals surface area contributed by atoms with E-state index in [2.05, 4.69) is 26.1 Å². The maximum atomic E-state index is 11.0. The maximum Gasteiger partial charge on any atom is 0.282 e. The minimum atomic E-state index is -0.382. The van der Waals surface area contributed by atoms with E-state index < -0.39 is 0 Å². The fraction of sp³-hybridized carbons (Fsp3) is 0. The van der Waals surface area contributed by atoms with Gasteiger partial charge in [0.15, 0.2) is 0 Å². The minimum Gasteiger partial charge on any atom is -0.266 e. The molecule has 2 aromatic rings. The van der Waals surface area contributed by atoms with Crippen molar-refractivity contribution in [3.05, 3.63) is 50.2 Å². The number of aromatic amines is 1. The third-order valence-electron chi connectivity index (χ3n) is 1.91. The topological polar surface area (TPSA) is 45.8 Å². The van der Waals surface area contributed by atoms with Crippen LogP contribution in [0.1, 0.15) is 0 Å². The molecule has 0 aliphatic heterocycles. The van der Waals surface area contributed by atoms with Gasteiger partial charge in [0, 0.05) is 10.0 Å². The van der Waals surface area contributed by atoms with Crippen molar-refractivity contribution in [1.82, 2.24) is 10.2 Å². The number of aromatic nitrogens is 2. The molecular formula is C10H6BrClN2O. The van der Waals surface area contributed by atoms with Crippen LogP contribution in [0, 0.1) is 0 Å². The lowest BCUT2D eigenvalue weighted by Gasteiger charge is -2.02. The minimum absolute atomic E-state index is 0.135. The normalized spacial score (nSPS) is 10.3. The molecule has 0 saturated heterocycles. The second-order valence-corrected chi connectivity index (χ2v) is 4.17. The highest BCUT2D eigenvalue weighted by Gasteiger charge is 2.05. The molecule has 0 aliphatic rings. The number of nitrogens with one attached hydrogen (secondary N) is 1. The molecule has 0 saturated carbocycles.